The molecule has 0 N–H and O–H groups in total. The standard InChI is InChI=1S/C14H18O2/c1-3-4-6-11-13(14(15)16-2)12-9-7-5-8-10-12/h5,7-11H,3-4,6H2,1-2H3/b13-11-. The van der Waals surface area contributed by atoms with Gasteiger partial charge in [-0.15, -0.1) is 0 Å². The molecule has 1 aromatic rings. The minimum Gasteiger partial charge on any atom is -0.465 e. The minimum absolute atomic E-state index is 0.262. The summed E-state index contributed by atoms with van der Waals surface area (Å²) in [6.07, 6.45) is 5.09. The van der Waals surface area contributed by atoms with E-state index < -0.39 is 0 Å². The molecule has 0 spiro atoms. The Morgan fingerprint density at radius 1 is 1.31 bits per heavy atom. The van der Waals surface area contributed by atoms with E-state index in [1.807, 2.05) is 36.4 Å². The predicted octanol–water partition coefficient (Wildman–Crippen LogP) is 3.43. The molecule has 2 nitrogen and oxygen atoms in total. The van der Waals surface area contributed by atoms with Gasteiger partial charge in [-0.05, 0) is 12.0 Å². The Bertz CT molecular complexity index is 352. The first-order valence-corrected chi connectivity index (χ1v) is 5.63. The van der Waals surface area contributed by atoms with Gasteiger partial charge in [-0.1, -0.05) is 56.2 Å². The van der Waals surface area contributed by atoms with E-state index in [2.05, 4.69) is 6.92 Å². The molecule has 0 radical (unpaired) electrons. The third kappa shape index (κ3) is 3.54. The molecular formula is C14H18O2. The van der Waals surface area contributed by atoms with Crippen molar-refractivity contribution in [3.05, 3.63) is 42.0 Å². The van der Waals surface area contributed by atoms with Gasteiger partial charge in [0.15, 0.2) is 0 Å². The maximum absolute atomic E-state index is 11.6. The van der Waals surface area contributed by atoms with Gasteiger partial charge >= 0.3 is 5.97 Å². The van der Waals surface area contributed by atoms with E-state index in [4.69, 9.17) is 4.74 Å². The lowest BCUT2D eigenvalue weighted by molar-refractivity contribution is -0.133. The molecule has 86 valence electrons. The van der Waals surface area contributed by atoms with E-state index >= 15 is 0 Å². The number of carbonyl (C=O) groups is 1. The minimum atomic E-state index is -0.262. The van der Waals surface area contributed by atoms with Crippen LogP contribution in [0.5, 0.6) is 0 Å². The Kier molecular flexibility index (Phi) is 5.34. The smallest absolute Gasteiger partial charge is 0.338 e. The van der Waals surface area contributed by atoms with Crippen LogP contribution in [0.1, 0.15) is 31.7 Å². The van der Waals surface area contributed by atoms with Crippen LogP contribution in [-0.4, -0.2) is 13.1 Å². The number of carbonyl (C=O) groups excluding carboxylic acids is 1. The highest BCUT2D eigenvalue weighted by Crippen LogP contribution is 2.17. The third-order valence-electron chi connectivity index (χ3n) is 2.40. The van der Waals surface area contributed by atoms with Crippen LogP contribution in [0, 0.1) is 0 Å². The summed E-state index contributed by atoms with van der Waals surface area (Å²) in [4.78, 5) is 11.6. The van der Waals surface area contributed by atoms with Crippen molar-refractivity contribution in [3.63, 3.8) is 0 Å². The van der Waals surface area contributed by atoms with Crippen LogP contribution in [0.2, 0.25) is 0 Å². The third-order valence-corrected chi connectivity index (χ3v) is 2.40. The second kappa shape index (κ2) is 6.83. The van der Waals surface area contributed by atoms with E-state index in [1.165, 1.54) is 7.11 Å². The second-order valence-corrected chi connectivity index (χ2v) is 3.62. The van der Waals surface area contributed by atoms with Gasteiger partial charge in [0.05, 0.1) is 12.7 Å². The van der Waals surface area contributed by atoms with E-state index in [-0.39, 0.29) is 5.97 Å². The van der Waals surface area contributed by atoms with Crippen molar-refractivity contribution >= 4 is 11.5 Å². The molecular weight excluding hydrogens is 200 g/mol. The Balaban J connectivity index is 2.88. The lowest BCUT2D eigenvalue weighted by Gasteiger charge is -2.05. The molecule has 0 unspecified atom stereocenters. The molecule has 0 bridgehead atoms. The Morgan fingerprint density at radius 2 is 2.00 bits per heavy atom. The summed E-state index contributed by atoms with van der Waals surface area (Å²) in [5, 5.41) is 0. The number of hydrogen-bond acceptors (Lipinski definition) is 2. The number of methoxy groups -OCH3 is 1. The fourth-order valence-electron chi connectivity index (χ4n) is 1.50. The van der Waals surface area contributed by atoms with Crippen molar-refractivity contribution in [2.75, 3.05) is 7.11 Å². The predicted molar refractivity (Wildman–Crippen MR) is 66.0 cm³/mol. The van der Waals surface area contributed by atoms with Crippen LogP contribution < -0.4 is 0 Å². The monoisotopic (exact) mass is 218 g/mol. The molecule has 2 heteroatoms. The number of rotatable bonds is 5. The first kappa shape index (κ1) is 12.5. The first-order valence-electron chi connectivity index (χ1n) is 5.63. The van der Waals surface area contributed by atoms with E-state index in [1.54, 1.807) is 0 Å². The van der Waals surface area contributed by atoms with Crippen molar-refractivity contribution in [1.29, 1.82) is 0 Å². The second-order valence-electron chi connectivity index (χ2n) is 3.62. The summed E-state index contributed by atoms with van der Waals surface area (Å²) < 4.78 is 4.79. The van der Waals surface area contributed by atoms with Gasteiger partial charge in [0, 0.05) is 0 Å². The van der Waals surface area contributed by atoms with Gasteiger partial charge in [-0.25, -0.2) is 4.79 Å². The van der Waals surface area contributed by atoms with Crippen LogP contribution in [0.25, 0.3) is 5.57 Å². The fraction of sp³-hybridized carbons (Fsp3) is 0.357. The fourth-order valence-corrected chi connectivity index (χ4v) is 1.50. The lowest BCUT2D eigenvalue weighted by atomic mass is 10.0. The maximum Gasteiger partial charge on any atom is 0.338 e. The van der Waals surface area contributed by atoms with Crippen LogP contribution in [-0.2, 0) is 9.53 Å². The lowest BCUT2D eigenvalue weighted by Crippen LogP contribution is -2.03. The van der Waals surface area contributed by atoms with Crippen molar-refractivity contribution in [2.24, 2.45) is 0 Å². The Labute approximate surface area is 96.9 Å². The van der Waals surface area contributed by atoms with Crippen molar-refractivity contribution in [2.45, 2.75) is 26.2 Å². The zero-order valence-corrected chi connectivity index (χ0v) is 9.90. The molecule has 0 saturated carbocycles. The summed E-state index contributed by atoms with van der Waals surface area (Å²) >= 11 is 0. The van der Waals surface area contributed by atoms with Gasteiger partial charge < -0.3 is 4.74 Å². The average Bonchev–Trinajstić information content (AvgIpc) is 2.35. The topological polar surface area (TPSA) is 26.3 Å². The van der Waals surface area contributed by atoms with Gasteiger partial charge in [0.25, 0.3) is 0 Å². The number of allylic oxidation sites excluding steroid dienone is 1. The number of esters is 1. The van der Waals surface area contributed by atoms with E-state index in [9.17, 15) is 4.79 Å². The van der Waals surface area contributed by atoms with E-state index in [0.29, 0.717) is 5.57 Å². The zero-order valence-electron chi connectivity index (χ0n) is 9.90. The molecule has 0 fully saturated rings. The molecule has 0 saturated heterocycles. The first-order chi connectivity index (χ1) is 7.79. The van der Waals surface area contributed by atoms with Crippen LogP contribution in [0.15, 0.2) is 36.4 Å². The molecule has 0 aliphatic rings. The normalized spacial score (nSPS) is 11.2. The number of hydrogen-bond donors (Lipinski definition) is 0. The largest absolute Gasteiger partial charge is 0.465 e. The maximum atomic E-state index is 11.6. The van der Waals surface area contributed by atoms with Gasteiger partial charge in [0.1, 0.15) is 0 Å². The van der Waals surface area contributed by atoms with E-state index in [0.717, 1.165) is 24.8 Å². The molecule has 0 aromatic heterocycles. The van der Waals surface area contributed by atoms with Crippen molar-refractivity contribution < 1.29 is 9.53 Å². The molecule has 1 aromatic carbocycles. The zero-order chi connectivity index (χ0) is 11.8. The summed E-state index contributed by atoms with van der Waals surface area (Å²) in [5.74, 6) is -0.262. The van der Waals surface area contributed by atoms with Crippen molar-refractivity contribution in [1.82, 2.24) is 0 Å². The quantitative estimate of drug-likeness (QED) is 0.430. The summed E-state index contributed by atoms with van der Waals surface area (Å²) in [7, 11) is 1.42. The Hall–Kier alpha value is -1.57. The summed E-state index contributed by atoms with van der Waals surface area (Å²) in [5.41, 5.74) is 1.59. The molecule has 0 amide bonds. The van der Waals surface area contributed by atoms with Gasteiger partial charge in [-0.2, -0.15) is 0 Å². The van der Waals surface area contributed by atoms with Gasteiger partial charge in [0.2, 0.25) is 0 Å². The Morgan fingerprint density at radius 3 is 2.56 bits per heavy atom. The van der Waals surface area contributed by atoms with Crippen molar-refractivity contribution in [3.8, 4) is 0 Å². The molecule has 0 aliphatic heterocycles. The molecule has 16 heavy (non-hydrogen) atoms. The number of benzene rings is 1. The SMILES string of the molecule is CCCC/C=C(\C(=O)OC)c1ccccc1. The molecule has 1 rings (SSSR count). The number of unbranched alkanes of at least 4 members (excludes halogenated alkanes) is 2. The molecule has 0 atom stereocenters. The average molecular weight is 218 g/mol. The molecule has 0 heterocycles. The highest BCUT2D eigenvalue weighted by Gasteiger charge is 2.10. The molecule has 0 aliphatic carbocycles. The van der Waals surface area contributed by atoms with Crippen LogP contribution in [0.3, 0.4) is 0 Å². The highest BCUT2D eigenvalue weighted by molar-refractivity contribution is 6.16. The number of ether oxygens (including phenoxy) is 1. The summed E-state index contributed by atoms with van der Waals surface area (Å²) in [6, 6.07) is 9.63. The van der Waals surface area contributed by atoms with Gasteiger partial charge in [-0.3, -0.25) is 0 Å². The summed E-state index contributed by atoms with van der Waals surface area (Å²) in [6.45, 7) is 2.13. The van der Waals surface area contributed by atoms with Crippen LogP contribution >= 0.6 is 0 Å². The highest BCUT2D eigenvalue weighted by atomic mass is 16.5. The van der Waals surface area contributed by atoms with Crippen LogP contribution in [0.4, 0.5) is 0 Å².